The second kappa shape index (κ2) is 6.84. The second-order valence-electron chi connectivity index (χ2n) is 6.15. The molecule has 1 fully saturated rings. The maximum absolute atomic E-state index is 12.8. The molecule has 0 aliphatic carbocycles. The molecule has 0 unspecified atom stereocenters. The molecule has 1 saturated heterocycles. The van der Waals surface area contributed by atoms with Crippen LogP contribution in [0.15, 0.2) is 65.7 Å². The minimum absolute atomic E-state index is 0.259. The van der Waals surface area contributed by atoms with Crippen LogP contribution in [0.5, 0.6) is 0 Å². The number of para-hydroxylation sites is 2. The normalized spacial score (nSPS) is 16.2. The van der Waals surface area contributed by atoms with E-state index in [-0.39, 0.29) is 11.1 Å². The number of hydrogen-bond acceptors (Lipinski definition) is 3. The largest absolute Gasteiger partial charge is 0.347 e. The third kappa shape index (κ3) is 2.84. The third-order valence-corrected chi connectivity index (χ3v) is 5.25. The van der Waals surface area contributed by atoms with Crippen molar-refractivity contribution in [2.45, 2.75) is 19.9 Å². The van der Waals surface area contributed by atoms with E-state index in [9.17, 15) is 9.59 Å². The minimum Gasteiger partial charge on any atom is -0.347 e. The van der Waals surface area contributed by atoms with Gasteiger partial charge in [0.15, 0.2) is 0 Å². The number of nitrogens with zero attached hydrogens (tertiary/aromatic N) is 2. The van der Waals surface area contributed by atoms with Crippen LogP contribution in [0.4, 0.5) is 10.5 Å². The highest BCUT2D eigenvalue weighted by Gasteiger charge is 2.36. The molecule has 0 radical (unpaired) electrons. The van der Waals surface area contributed by atoms with Crippen LogP contribution in [0.2, 0.25) is 0 Å². The SMILES string of the molecule is CCCn1cc(/C=C2/SC(=O)N(c3ccccc3)C2=O)c2ccccc21. The highest BCUT2D eigenvalue weighted by Crippen LogP contribution is 2.36. The summed E-state index contributed by atoms with van der Waals surface area (Å²) in [6.07, 6.45) is 4.93. The first-order valence-electron chi connectivity index (χ1n) is 8.60. The molecule has 0 atom stereocenters. The van der Waals surface area contributed by atoms with Crippen LogP contribution in [-0.2, 0) is 11.3 Å². The van der Waals surface area contributed by atoms with Gasteiger partial charge in [-0.3, -0.25) is 9.59 Å². The van der Waals surface area contributed by atoms with Crippen molar-refractivity contribution in [2.75, 3.05) is 4.90 Å². The Morgan fingerprint density at radius 2 is 1.73 bits per heavy atom. The van der Waals surface area contributed by atoms with E-state index in [2.05, 4.69) is 29.8 Å². The number of amides is 2. The van der Waals surface area contributed by atoms with Crippen LogP contribution in [0.1, 0.15) is 18.9 Å². The molecule has 2 heterocycles. The number of imide groups is 1. The fraction of sp³-hybridized carbons (Fsp3) is 0.143. The zero-order chi connectivity index (χ0) is 18.1. The molecule has 130 valence electrons. The van der Waals surface area contributed by atoms with Gasteiger partial charge in [-0.15, -0.1) is 0 Å². The number of fused-ring (bicyclic) bond motifs is 1. The van der Waals surface area contributed by atoms with E-state index in [4.69, 9.17) is 0 Å². The fourth-order valence-electron chi connectivity index (χ4n) is 3.22. The van der Waals surface area contributed by atoms with Crippen LogP contribution >= 0.6 is 11.8 Å². The van der Waals surface area contributed by atoms with Gasteiger partial charge in [0, 0.05) is 29.2 Å². The van der Waals surface area contributed by atoms with Crippen molar-refractivity contribution in [3.8, 4) is 0 Å². The van der Waals surface area contributed by atoms with Crippen LogP contribution in [0.25, 0.3) is 17.0 Å². The van der Waals surface area contributed by atoms with Crippen molar-refractivity contribution >= 4 is 45.6 Å². The number of carbonyl (C=O) groups is 2. The summed E-state index contributed by atoms with van der Waals surface area (Å²) in [7, 11) is 0. The van der Waals surface area contributed by atoms with E-state index >= 15 is 0 Å². The number of anilines is 1. The summed E-state index contributed by atoms with van der Waals surface area (Å²) in [6, 6.07) is 17.2. The number of benzene rings is 2. The lowest BCUT2D eigenvalue weighted by molar-refractivity contribution is -0.113. The van der Waals surface area contributed by atoms with Crippen molar-refractivity contribution in [3.05, 3.63) is 71.3 Å². The maximum Gasteiger partial charge on any atom is 0.298 e. The first kappa shape index (κ1) is 16.7. The molecular formula is C21H18N2O2S. The quantitative estimate of drug-likeness (QED) is 0.592. The molecule has 3 aromatic rings. The lowest BCUT2D eigenvalue weighted by Crippen LogP contribution is -2.27. The smallest absolute Gasteiger partial charge is 0.298 e. The molecule has 0 bridgehead atoms. The van der Waals surface area contributed by atoms with Crippen LogP contribution in [-0.4, -0.2) is 15.7 Å². The molecule has 1 aliphatic rings. The second-order valence-corrected chi connectivity index (χ2v) is 7.14. The lowest BCUT2D eigenvalue weighted by Gasteiger charge is -2.11. The summed E-state index contributed by atoms with van der Waals surface area (Å²) >= 11 is 0.992. The van der Waals surface area contributed by atoms with Crippen LogP contribution in [0, 0.1) is 0 Å². The van der Waals surface area contributed by atoms with Gasteiger partial charge in [0.1, 0.15) is 0 Å². The molecule has 26 heavy (non-hydrogen) atoms. The first-order chi connectivity index (χ1) is 12.7. The van der Waals surface area contributed by atoms with E-state index in [0.29, 0.717) is 10.6 Å². The van der Waals surface area contributed by atoms with Gasteiger partial charge in [-0.1, -0.05) is 43.3 Å². The average molecular weight is 362 g/mol. The summed E-state index contributed by atoms with van der Waals surface area (Å²) in [5.41, 5.74) is 2.71. The Kier molecular flexibility index (Phi) is 4.39. The van der Waals surface area contributed by atoms with Gasteiger partial charge in [-0.05, 0) is 42.5 Å². The van der Waals surface area contributed by atoms with Crippen molar-refractivity contribution in [2.24, 2.45) is 0 Å². The van der Waals surface area contributed by atoms with Gasteiger partial charge in [-0.2, -0.15) is 0 Å². The first-order valence-corrected chi connectivity index (χ1v) is 9.41. The number of aryl methyl sites for hydroxylation is 1. The fourth-order valence-corrected chi connectivity index (χ4v) is 4.06. The topological polar surface area (TPSA) is 42.3 Å². The van der Waals surface area contributed by atoms with E-state index in [1.807, 2.05) is 36.4 Å². The summed E-state index contributed by atoms with van der Waals surface area (Å²) in [6.45, 7) is 3.06. The highest BCUT2D eigenvalue weighted by atomic mass is 32.2. The molecular weight excluding hydrogens is 344 g/mol. The highest BCUT2D eigenvalue weighted by molar-refractivity contribution is 8.19. The monoisotopic (exact) mass is 362 g/mol. The summed E-state index contributed by atoms with van der Waals surface area (Å²) in [5, 5.41) is 0.831. The molecule has 2 amide bonds. The van der Waals surface area contributed by atoms with E-state index in [1.165, 1.54) is 4.90 Å². The Hall–Kier alpha value is -2.79. The van der Waals surface area contributed by atoms with Crippen LogP contribution < -0.4 is 4.90 Å². The maximum atomic E-state index is 12.8. The molecule has 2 aromatic carbocycles. The minimum atomic E-state index is -0.265. The average Bonchev–Trinajstić information content (AvgIpc) is 3.14. The third-order valence-electron chi connectivity index (χ3n) is 4.38. The van der Waals surface area contributed by atoms with Crippen molar-refractivity contribution in [1.29, 1.82) is 0 Å². The predicted molar refractivity (Wildman–Crippen MR) is 107 cm³/mol. The van der Waals surface area contributed by atoms with Gasteiger partial charge < -0.3 is 4.57 Å². The molecule has 4 rings (SSSR count). The number of rotatable bonds is 4. The van der Waals surface area contributed by atoms with Gasteiger partial charge in [0.05, 0.1) is 10.6 Å². The van der Waals surface area contributed by atoms with Crippen molar-refractivity contribution in [1.82, 2.24) is 4.57 Å². The van der Waals surface area contributed by atoms with Gasteiger partial charge in [0.2, 0.25) is 0 Å². The summed E-state index contributed by atoms with van der Waals surface area (Å²) in [5.74, 6) is -0.265. The van der Waals surface area contributed by atoms with E-state index in [0.717, 1.165) is 41.2 Å². The number of thioether (sulfide) groups is 1. The Morgan fingerprint density at radius 3 is 2.50 bits per heavy atom. The number of carbonyl (C=O) groups excluding carboxylic acids is 2. The Balaban J connectivity index is 1.75. The Bertz CT molecular complexity index is 1020. The van der Waals surface area contributed by atoms with Gasteiger partial charge >= 0.3 is 0 Å². The van der Waals surface area contributed by atoms with Gasteiger partial charge in [0.25, 0.3) is 11.1 Å². The number of aromatic nitrogens is 1. The Labute approximate surface area is 156 Å². The summed E-state index contributed by atoms with van der Waals surface area (Å²) in [4.78, 5) is 26.9. The molecule has 4 nitrogen and oxygen atoms in total. The van der Waals surface area contributed by atoms with E-state index in [1.54, 1.807) is 12.1 Å². The molecule has 0 N–H and O–H groups in total. The molecule has 1 aromatic heterocycles. The standard InChI is InChI=1S/C21H18N2O2S/c1-2-12-22-14-15(17-10-6-7-11-18(17)22)13-19-20(24)23(21(25)26-19)16-8-4-3-5-9-16/h3-11,13-14H,2,12H2,1H3/b19-13+. The molecule has 0 saturated carbocycles. The van der Waals surface area contributed by atoms with Crippen LogP contribution in [0.3, 0.4) is 0 Å². The van der Waals surface area contributed by atoms with E-state index < -0.39 is 0 Å². The molecule has 5 heteroatoms. The zero-order valence-corrected chi connectivity index (χ0v) is 15.2. The predicted octanol–water partition coefficient (Wildman–Crippen LogP) is 5.29. The lowest BCUT2D eigenvalue weighted by atomic mass is 10.1. The van der Waals surface area contributed by atoms with Gasteiger partial charge in [-0.25, -0.2) is 4.90 Å². The number of hydrogen-bond donors (Lipinski definition) is 0. The van der Waals surface area contributed by atoms with Crippen molar-refractivity contribution < 1.29 is 9.59 Å². The summed E-state index contributed by atoms with van der Waals surface area (Å²) < 4.78 is 2.20. The molecule has 0 spiro atoms. The van der Waals surface area contributed by atoms with Crippen molar-refractivity contribution in [3.63, 3.8) is 0 Å². The molecule has 1 aliphatic heterocycles. The Morgan fingerprint density at radius 1 is 1.00 bits per heavy atom. The zero-order valence-electron chi connectivity index (χ0n) is 14.4.